The molecule has 1 heterocycles. The molecule has 0 aliphatic carbocycles. The Balaban J connectivity index is 1.62. The summed E-state index contributed by atoms with van der Waals surface area (Å²) in [5.74, 6) is -0.757. The summed E-state index contributed by atoms with van der Waals surface area (Å²) < 4.78 is 18.3. The van der Waals surface area contributed by atoms with Gasteiger partial charge in [-0.15, -0.1) is 0 Å². The SMILES string of the molecule is COC(=O)c1cccc(NC(=O)c2cc(NCCc3ccccc3F)ncn2)c1. The van der Waals surface area contributed by atoms with Crippen molar-refractivity contribution >= 4 is 23.4 Å². The van der Waals surface area contributed by atoms with Gasteiger partial charge in [0.05, 0.1) is 12.7 Å². The van der Waals surface area contributed by atoms with Crippen molar-refractivity contribution in [3.63, 3.8) is 0 Å². The molecule has 7 nitrogen and oxygen atoms in total. The van der Waals surface area contributed by atoms with Gasteiger partial charge in [0, 0.05) is 18.3 Å². The van der Waals surface area contributed by atoms with Gasteiger partial charge in [-0.2, -0.15) is 0 Å². The molecule has 0 aliphatic heterocycles. The summed E-state index contributed by atoms with van der Waals surface area (Å²) in [6.07, 6.45) is 1.74. The summed E-state index contributed by atoms with van der Waals surface area (Å²) in [4.78, 5) is 32.1. The van der Waals surface area contributed by atoms with E-state index in [1.807, 2.05) is 0 Å². The molecule has 0 fully saturated rings. The van der Waals surface area contributed by atoms with E-state index >= 15 is 0 Å². The number of aromatic nitrogens is 2. The van der Waals surface area contributed by atoms with Gasteiger partial charge in [-0.1, -0.05) is 24.3 Å². The van der Waals surface area contributed by atoms with Gasteiger partial charge in [-0.3, -0.25) is 4.79 Å². The van der Waals surface area contributed by atoms with Crippen LogP contribution in [-0.2, 0) is 11.2 Å². The van der Waals surface area contributed by atoms with Gasteiger partial charge in [0.25, 0.3) is 5.91 Å². The highest BCUT2D eigenvalue weighted by atomic mass is 19.1. The highest BCUT2D eigenvalue weighted by molar-refractivity contribution is 6.03. The van der Waals surface area contributed by atoms with Crippen LogP contribution in [0.15, 0.2) is 60.9 Å². The third kappa shape index (κ3) is 5.35. The van der Waals surface area contributed by atoms with Gasteiger partial charge in [-0.05, 0) is 36.2 Å². The maximum Gasteiger partial charge on any atom is 0.337 e. The standard InChI is InChI=1S/C21H19FN4O3/c1-29-21(28)15-6-4-7-16(11-15)26-20(27)18-12-19(25-13-24-18)23-10-9-14-5-2-3-8-17(14)22/h2-8,11-13H,9-10H2,1H3,(H,26,27)(H,23,24,25). The lowest BCUT2D eigenvalue weighted by molar-refractivity contribution is 0.0600. The highest BCUT2D eigenvalue weighted by Crippen LogP contribution is 2.14. The third-order valence-electron chi connectivity index (χ3n) is 4.10. The lowest BCUT2D eigenvalue weighted by Crippen LogP contribution is -2.15. The molecule has 3 rings (SSSR count). The van der Waals surface area contributed by atoms with Crippen molar-refractivity contribution in [2.24, 2.45) is 0 Å². The zero-order valence-electron chi connectivity index (χ0n) is 15.7. The van der Waals surface area contributed by atoms with Gasteiger partial charge in [0.1, 0.15) is 23.7 Å². The van der Waals surface area contributed by atoms with Crippen molar-refractivity contribution < 1.29 is 18.7 Å². The number of halogens is 1. The number of hydrogen-bond donors (Lipinski definition) is 2. The third-order valence-corrected chi connectivity index (χ3v) is 4.10. The summed E-state index contributed by atoms with van der Waals surface area (Å²) in [6.45, 7) is 0.445. The Hall–Kier alpha value is -3.81. The fraction of sp³-hybridized carbons (Fsp3) is 0.143. The van der Waals surface area contributed by atoms with Gasteiger partial charge in [-0.25, -0.2) is 19.2 Å². The topological polar surface area (TPSA) is 93.2 Å². The largest absolute Gasteiger partial charge is 0.465 e. The molecule has 0 aliphatic rings. The van der Waals surface area contributed by atoms with Crippen LogP contribution in [0.4, 0.5) is 15.9 Å². The molecule has 0 bridgehead atoms. The fourth-order valence-corrected chi connectivity index (χ4v) is 2.64. The molecule has 148 valence electrons. The molecular weight excluding hydrogens is 375 g/mol. The molecule has 29 heavy (non-hydrogen) atoms. The van der Waals surface area contributed by atoms with Crippen LogP contribution in [0.5, 0.6) is 0 Å². The van der Waals surface area contributed by atoms with Gasteiger partial charge in [0.2, 0.25) is 0 Å². The number of esters is 1. The smallest absolute Gasteiger partial charge is 0.337 e. The first-order valence-corrected chi connectivity index (χ1v) is 8.86. The first kappa shape index (κ1) is 19.9. The molecule has 0 radical (unpaired) electrons. The van der Waals surface area contributed by atoms with E-state index < -0.39 is 11.9 Å². The lowest BCUT2D eigenvalue weighted by Gasteiger charge is -2.09. The van der Waals surface area contributed by atoms with Crippen molar-refractivity contribution in [1.82, 2.24) is 9.97 Å². The molecule has 0 saturated carbocycles. The van der Waals surface area contributed by atoms with Crippen LogP contribution in [0.3, 0.4) is 0 Å². The summed E-state index contributed by atoms with van der Waals surface area (Å²) in [6, 6.07) is 14.4. The number of hydrogen-bond acceptors (Lipinski definition) is 6. The van der Waals surface area contributed by atoms with E-state index in [9.17, 15) is 14.0 Å². The molecule has 8 heteroatoms. The van der Waals surface area contributed by atoms with E-state index in [-0.39, 0.29) is 11.5 Å². The molecular formula is C21H19FN4O3. The number of nitrogens with zero attached hydrogens (tertiary/aromatic N) is 2. The van der Waals surface area contributed by atoms with Gasteiger partial charge in [0.15, 0.2) is 0 Å². The normalized spacial score (nSPS) is 10.3. The van der Waals surface area contributed by atoms with Crippen LogP contribution < -0.4 is 10.6 Å². The van der Waals surface area contributed by atoms with Crippen molar-refractivity contribution in [3.05, 3.63) is 83.6 Å². The summed E-state index contributed by atoms with van der Waals surface area (Å²) in [7, 11) is 1.29. The minimum Gasteiger partial charge on any atom is -0.465 e. The number of benzene rings is 2. The minimum atomic E-state index is -0.496. The fourth-order valence-electron chi connectivity index (χ4n) is 2.64. The zero-order chi connectivity index (χ0) is 20.6. The van der Waals surface area contributed by atoms with Crippen LogP contribution in [0.25, 0.3) is 0 Å². The number of nitrogens with one attached hydrogen (secondary N) is 2. The molecule has 2 N–H and O–H groups in total. The predicted octanol–water partition coefficient (Wildman–Crippen LogP) is 3.31. The molecule has 3 aromatic rings. The highest BCUT2D eigenvalue weighted by Gasteiger charge is 2.11. The van der Waals surface area contributed by atoms with Crippen LogP contribution in [0.1, 0.15) is 26.4 Å². The first-order valence-electron chi connectivity index (χ1n) is 8.86. The average molecular weight is 394 g/mol. The Labute approximate surface area is 167 Å². The summed E-state index contributed by atoms with van der Waals surface area (Å²) in [5, 5.41) is 5.73. The van der Waals surface area contributed by atoms with E-state index in [2.05, 4.69) is 25.3 Å². The van der Waals surface area contributed by atoms with Crippen molar-refractivity contribution in [2.45, 2.75) is 6.42 Å². The number of ether oxygens (including phenoxy) is 1. The van der Waals surface area contributed by atoms with Crippen LogP contribution in [0.2, 0.25) is 0 Å². The Bertz CT molecular complexity index is 1030. The van der Waals surface area contributed by atoms with E-state index in [1.54, 1.807) is 36.4 Å². The monoisotopic (exact) mass is 394 g/mol. The molecule has 0 spiro atoms. The zero-order valence-corrected chi connectivity index (χ0v) is 15.7. The van der Waals surface area contributed by atoms with E-state index in [1.165, 1.54) is 31.6 Å². The van der Waals surface area contributed by atoms with E-state index in [4.69, 9.17) is 0 Å². The lowest BCUT2D eigenvalue weighted by atomic mass is 10.1. The Morgan fingerprint density at radius 1 is 1.07 bits per heavy atom. The molecule has 1 amide bonds. The second kappa shape index (κ2) is 9.41. The van der Waals surface area contributed by atoms with Crippen LogP contribution in [-0.4, -0.2) is 35.5 Å². The molecule has 1 aromatic heterocycles. The molecule has 2 aromatic carbocycles. The predicted molar refractivity (Wildman–Crippen MR) is 106 cm³/mol. The Morgan fingerprint density at radius 3 is 2.69 bits per heavy atom. The number of methoxy groups -OCH3 is 1. The summed E-state index contributed by atoms with van der Waals surface area (Å²) >= 11 is 0. The van der Waals surface area contributed by atoms with Crippen molar-refractivity contribution in [3.8, 4) is 0 Å². The van der Waals surface area contributed by atoms with Crippen molar-refractivity contribution in [2.75, 3.05) is 24.3 Å². The Kier molecular flexibility index (Phi) is 6.47. The summed E-state index contributed by atoms with van der Waals surface area (Å²) in [5.41, 5.74) is 1.50. The maximum atomic E-state index is 13.7. The van der Waals surface area contributed by atoms with Crippen LogP contribution in [0, 0.1) is 5.82 Å². The maximum absolute atomic E-state index is 13.7. The van der Waals surface area contributed by atoms with E-state index in [0.717, 1.165) is 0 Å². The first-order chi connectivity index (χ1) is 14.1. The quantitative estimate of drug-likeness (QED) is 0.597. The molecule has 0 unspecified atom stereocenters. The minimum absolute atomic E-state index is 0.150. The second-order valence-corrected chi connectivity index (χ2v) is 6.08. The number of rotatable bonds is 7. The molecule has 0 atom stereocenters. The average Bonchev–Trinajstić information content (AvgIpc) is 2.75. The number of anilines is 2. The van der Waals surface area contributed by atoms with Crippen LogP contribution >= 0.6 is 0 Å². The Morgan fingerprint density at radius 2 is 1.90 bits per heavy atom. The number of carbonyl (C=O) groups excluding carboxylic acids is 2. The van der Waals surface area contributed by atoms with Gasteiger partial charge < -0.3 is 15.4 Å². The second-order valence-electron chi connectivity index (χ2n) is 6.08. The number of amides is 1. The van der Waals surface area contributed by atoms with Crippen molar-refractivity contribution in [1.29, 1.82) is 0 Å². The molecule has 0 saturated heterocycles. The van der Waals surface area contributed by atoms with E-state index in [0.29, 0.717) is 35.6 Å². The number of carbonyl (C=O) groups is 2. The van der Waals surface area contributed by atoms with Gasteiger partial charge >= 0.3 is 5.97 Å².